The van der Waals surface area contributed by atoms with E-state index in [-0.39, 0.29) is 0 Å². The van der Waals surface area contributed by atoms with Gasteiger partial charge in [-0.05, 0) is 36.8 Å². The summed E-state index contributed by atoms with van der Waals surface area (Å²) >= 11 is 0. The van der Waals surface area contributed by atoms with Crippen LogP contribution in [0.5, 0.6) is 5.75 Å². The van der Waals surface area contributed by atoms with E-state index in [2.05, 4.69) is 27.7 Å². The molecule has 0 saturated heterocycles. The number of benzene rings is 1. The molecule has 0 radical (unpaired) electrons. The molecule has 0 aromatic heterocycles. The number of carboxylic acid groups (broad SMARTS) is 1. The molecule has 0 saturated carbocycles. The Bertz CT molecular complexity index is 433. The largest absolute Gasteiger partial charge is 0.478 e. The first kappa shape index (κ1) is 15.5. The van der Waals surface area contributed by atoms with Crippen molar-refractivity contribution >= 4 is 5.97 Å². The summed E-state index contributed by atoms with van der Waals surface area (Å²) in [5.41, 5.74) is 0.885. The highest BCUT2D eigenvalue weighted by atomic mass is 16.5. The zero-order valence-corrected chi connectivity index (χ0v) is 12.7. The zero-order valence-electron chi connectivity index (χ0n) is 12.7. The fraction of sp³-hybridized carbons (Fsp3) is 0.562. The molecule has 0 bridgehead atoms. The van der Waals surface area contributed by atoms with Gasteiger partial charge in [0.1, 0.15) is 5.75 Å². The molecule has 1 N–H and O–H groups in total. The van der Waals surface area contributed by atoms with Crippen LogP contribution in [0.25, 0.3) is 0 Å². The molecule has 0 spiro atoms. The number of carbonyl (C=O) groups is 1. The maximum atomic E-state index is 11.3. The molecule has 0 fully saturated rings. The lowest BCUT2D eigenvalue weighted by Gasteiger charge is -2.27. The smallest absolute Gasteiger partial charge is 0.347 e. The van der Waals surface area contributed by atoms with Gasteiger partial charge in [0.2, 0.25) is 0 Å². The minimum Gasteiger partial charge on any atom is -0.478 e. The van der Waals surface area contributed by atoms with Gasteiger partial charge in [-0.15, -0.1) is 0 Å². The lowest BCUT2D eigenvalue weighted by molar-refractivity contribution is -0.152. The number of ether oxygens (including phenoxy) is 1. The van der Waals surface area contributed by atoms with E-state index < -0.39 is 11.6 Å². The third-order valence-electron chi connectivity index (χ3n) is 3.19. The molecule has 0 amide bonds. The van der Waals surface area contributed by atoms with Gasteiger partial charge in [-0.25, -0.2) is 4.79 Å². The van der Waals surface area contributed by atoms with Crippen LogP contribution in [0.3, 0.4) is 0 Å². The summed E-state index contributed by atoms with van der Waals surface area (Å²) in [6.45, 7) is 11.5. The lowest BCUT2D eigenvalue weighted by Crippen LogP contribution is -2.38. The molecule has 106 valence electrons. The molecule has 0 aliphatic heterocycles. The van der Waals surface area contributed by atoms with E-state index in [1.165, 1.54) is 0 Å². The normalized spacial score (nSPS) is 12.0. The topological polar surface area (TPSA) is 46.5 Å². The van der Waals surface area contributed by atoms with Gasteiger partial charge in [-0.3, -0.25) is 0 Å². The summed E-state index contributed by atoms with van der Waals surface area (Å²) in [4.78, 5) is 11.3. The van der Waals surface area contributed by atoms with Gasteiger partial charge in [-0.1, -0.05) is 45.9 Å². The van der Waals surface area contributed by atoms with Crippen molar-refractivity contribution in [3.8, 4) is 5.75 Å². The molecule has 1 aromatic rings. The van der Waals surface area contributed by atoms with E-state index in [1.54, 1.807) is 13.8 Å². The predicted molar refractivity (Wildman–Crippen MR) is 77.0 cm³/mol. The third-order valence-corrected chi connectivity index (χ3v) is 3.19. The molecule has 1 rings (SSSR count). The summed E-state index contributed by atoms with van der Waals surface area (Å²) in [6.07, 6.45) is 0. The lowest BCUT2D eigenvalue weighted by atomic mass is 9.93. The Balaban J connectivity index is 3.33. The van der Waals surface area contributed by atoms with E-state index in [0.717, 1.165) is 16.9 Å². The number of carboxylic acids is 1. The van der Waals surface area contributed by atoms with Gasteiger partial charge in [-0.2, -0.15) is 0 Å². The number of aliphatic carboxylic acids is 1. The van der Waals surface area contributed by atoms with E-state index in [0.29, 0.717) is 11.8 Å². The second-order valence-corrected chi connectivity index (χ2v) is 5.99. The van der Waals surface area contributed by atoms with Crippen molar-refractivity contribution in [1.82, 2.24) is 0 Å². The van der Waals surface area contributed by atoms with Crippen LogP contribution in [0.1, 0.15) is 64.5 Å². The van der Waals surface area contributed by atoms with Crippen LogP contribution in [0.4, 0.5) is 0 Å². The van der Waals surface area contributed by atoms with Crippen LogP contribution < -0.4 is 4.74 Å². The number of hydrogen-bond acceptors (Lipinski definition) is 2. The Hall–Kier alpha value is -1.51. The van der Waals surface area contributed by atoms with Gasteiger partial charge in [0.05, 0.1) is 0 Å². The van der Waals surface area contributed by atoms with Crippen molar-refractivity contribution in [3.63, 3.8) is 0 Å². The Kier molecular flexibility index (Phi) is 4.61. The van der Waals surface area contributed by atoms with Gasteiger partial charge >= 0.3 is 5.97 Å². The fourth-order valence-corrected chi connectivity index (χ4v) is 1.90. The molecule has 0 heterocycles. The molecule has 19 heavy (non-hydrogen) atoms. The molecular formula is C16H24O3. The number of rotatable bonds is 5. The van der Waals surface area contributed by atoms with Crippen molar-refractivity contribution < 1.29 is 14.6 Å². The van der Waals surface area contributed by atoms with Crippen molar-refractivity contribution in [2.24, 2.45) is 0 Å². The van der Waals surface area contributed by atoms with Gasteiger partial charge in [0, 0.05) is 0 Å². The Labute approximate surface area is 115 Å². The molecule has 0 aliphatic rings. The average Bonchev–Trinajstić information content (AvgIpc) is 2.27. The average molecular weight is 264 g/mol. The molecule has 3 nitrogen and oxygen atoms in total. The van der Waals surface area contributed by atoms with Crippen LogP contribution >= 0.6 is 0 Å². The van der Waals surface area contributed by atoms with Crippen LogP contribution in [0, 0.1) is 0 Å². The number of para-hydroxylation sites is 1. The summed E-state index contributed by atoms with van der Waals surface area (Å²) in [7, 11) is 0. The highest BCUT2D eigenvalue weighted by Gasteiger charge is 2.31. The van der Waals surface area contributed by atoms with Crippen molar-refractivity contribution in [2.45, 2.75) is 59.0 Å². The van der Waals surface area contributed by atoms with Crippen molar-refractivity contribution in [3.05, 3.63) is 29.3 Å². The minimum atomic E-state index is -1.23. The minimum absolute atomic E-state index is 0.290. The molecule has 0 aliphatic carbocycles. The van der Waals surface area contributed by atoms with E-state index in [1.807, 2.05) is 18.2 Å². The zero-order chi connectivity index (χ0) is 14.8. The van der Waals surface area contributed by atoms with E-state index in [9.17, 15) is 9.90 Å². The maximum Gasteiger partial charge on any atom is 0.347 e. The van der Waals surface area contributed by atoms with Crippen LogP contribution in [0.2, 0.25) is 0 Å². The van der Waals surface area contributed by atoms with Crippen LogP contribution in [-0.2, 0) is 4.79 Å². The first-order chi connectivity index (χ1) is 8.66. The highest BCUT2D eigenvalue weighted by Crippen LogP contribution is 2.36. The first-order valence-electron chi connectivity index (χ1n) is 6.72. The van der Waals surface area contributed by atoms with Crippen molar-refractivity contribution in [1.29, 1.82) is 0 Å². The Morgan fingerprint density at radius 2 is 1.53 bits per heavy atom. The van der Waals surface area contributed by atoms with E-state index >= 15 is 0 Å². The molecule has 1 aromatic carbocycles. The Morgan fingerprint density at radius 3 is 1.84 bits per heavy atom. The quantitative estimate of drug-likeness (QED) is 0.868. The second kappa shape index (κ2) is 5.64. The summed E-state index contributed by atoms with van der Waals surface area (Å²) in [5, 5.41) is 9.24. The highest BCUT2D eigenvalue weighted by molar-refractivity contribution is 5.77. The first-order valence-corrected chi connectivity index (χ1v) is 6.72. The summed E-state index contributed by atoms with van der Waals surface area (Å²) in [5.74, 6) is 0.345. The summed E-state index contributed by atoms with van der Waals surface area (Å²) < 4.78 is 5.85. The number of hydrogen-bond donors (Lipinski definition) is 1. The third kappa shape index (κ3) is 3.49. The van der Waals surface area contributed by atoms with Gasteiger partial charge in [0.25, 0.3) is 0 Å². The fourth-order valence-electron chi connectivity index (χ4n) is 1.90. The van der Waals surface area contributed by atoms with Crippen LogP contribution in [-0.4, -0.2) is 16.7 Å². The Morgan fingerprint density at radius 1 is 1.11 bits per heavy atom. The molecule has 3 heteroatoms. The SMILES string of the molecule is CC(C)c1cccc(C(C)C)c1OC(C)(C)C(=O)O. The van der Waals surface area contributed by atoms with Crippen LogP contribution in [0.15, 0.2) is 18.2 Å². The standard InChI is InChI=1S/C16H24O3/c1-10(2)12-8-7-9-13(11(3)4)14(12)19-16(5,6)15(17)18/h7-11H,1-6H3,(H,17,18). The monoisotopic (exact) mass is 264 g/mol. The molecule has 0 unspecified atom stereocenters. The van der Waals surface area contributed by atoms with E-state index in [4.69, 9.17) is 4.74 Å². The maximum absolute atomic E-state index is 11.3. The van der Waals surface area contributed by atoms with Gasteiger partial charge in [0.15, 0.2) is 5.60 Å². The second-order valence-electron chi connectivity index (χ2n) is 5.99. The van der Waals surface area contributed by atoms with Gasteiger partial charge < -0.3 is 9.84 Å². The molecular weight excluding hydrogens is 240 g/mol. The summed E-state index contributed by atoms with van der Waals surface area (Å²) in [6, 6.07) is 6.01. The predicted octanol–water partition coefficient (Wildman–Crippen LogP) is 4.18. The van der Waals surface area contributed by atoms with Crippen molar-refractivity contribution in [2.75, 3.05) is 0 Å². The molecule has 0 atom stereocenters.